The summed E-state index contributed by atoms with van der Waals surface area (Å²) < 4.78 is 13.3. The van der Waals surface area contributed by atoms with E-state index in [1.165, 1.54) is 3.57 Å². The molecule has 0 bridgehead atoms. The number of hydrogen-bond acceptors (Lipinski definition) is 5. The van der Waals surface area contributed by atoms with Gasteiger partial charge in [0.1, 0.15) is 23.7 Å². The zero-order chi connectivity index (χ0) is 25.3. The van der Waals surface area contributed by atoms with Gasteiger partial charge in [-0.3, -0.25) is 0 Å². The van der Waals surface area contributed by atoms with Crippen molar-refractivity contribution >= 4 is 28.3 Å². The molecule has 2 N–H and O–H groups in total. The number of halogens is 1. The molecule has 0 radical (unpaired) electrons. The van der Waals surface area contributed by atoms with E-state index in [4.69, 9.17) is 15.2 Å². The molecule has 0 amide bonds. The molecular formula is C30H38IN3O2. The van der Waals surface area contributed by atoms with Crippen LogP contribution in [-0.2, 0) is 0 Å². The first-order valence-corrected chi connectivity index (χ1v) is 13.9. The number of nitrogens with zero attached hydrogens (tertiary/aromatic N) is 2. The molecule has 5 rings (SSSR count). The smallest absolute Gasteiger partial charge is 0.120 e. The Morgan fingerprint density at radius 3 is 1.67 bits per heavy atom. The summed E-state index contributed by atoms with van der Waals surface area (Å²) in [6, 6.07) is 24.5. The standard InChI is InChI=1S/C18H22N2O.C12H16INO/c1-20-10-8-17(9-11-20)21-18-7-3-5-15(13-18)14-4-2-6-16(19)12-14;1-14-7-5-11(6-8-14)15-12-4-2-3-10(13)9-12/h2-7,12-13,17H,8-11,19H2,1H3;2-4,9,11H,5-8H2,1H3. The third-order valence-corrected chi connectivity index (χ3v) is 7.46. The van der Waals surface area contributed by atoms with E-state index >= 15 is 0 Å². The molecule has 3 aromatic rings. The van der Waals surface area contributed by atoms with E-state index in [-0.39, 0.29) is 0 Å². The predicted molar refractivity (Wildman–Crippen MR) is 158 cm³/mol. The van der Waals surface area contributed by atoms with Crippen LogP contribution in [0.2, 0.25) is 0 Å². The van der Waals surface area contributed by atoms with Crippen LogP contribution in [0.15, 0.2) is 72.8 Å². The fraction of sp³-hybridized carbons (Fsp3) is 0.400. The van der Waals surface area contributed by atoms with Crippen LogP contribution in [0.25, 0.3) is 11.1 Å². The number of nitrogen functional groups attached to an aromatic ring is 1. The Hall–Kier alpha value is -2.29. The van der Waals surface area contributed by atoms with Crippen molar-refractivity contribution in [1.82, 2.24) is 9.80 Å². The van der Waals surface area contributed by atoms with Crippen LogP contribution in [0.5, 0.6) is 11.5 Å². The summed E-state index contributed by atoms with van der Waals surface area (Å²) in [5.41, 5.74) is 8.92. The van der Waals surface area contributed by atoms with E-state index in [0.29, 0.717) is 12.2 Å². The summed E-state index contributed by atoms with van der Waals surface area (Å²) in [6.45, 7) is 4.52. The van der Waals surface area contributed by atoms with Crippen molar-refractivity contribution in [1.29, 1.82) is 0 Å². The minimum absolute atomic E-state index is 0.331. The highest BCUT2D eigenvalue weighted by atomic mass is 127. The SMILES string of the molecule is CN1CCC(Oc2cccc(-c3cccc(N)c3)c2)CC1.CN1CCC(Oc2cccc(I)c2)CC1. The Morgan fingerprint density at radius 2 is 1.14 bits per heavy atom. The third kappa shape index (κ3) is 8.39. The Labute approximate surface area is 229 Å². The highest BCUT2D eigenvalue weighted by Gasteiger charge is 2.19. The fourth-order valence-electron chi connectivity index (χ4n) is 4.60. The first-order chi connectivity index (χ1) is 17.4. The number of piperidine rings is 2. The van der Waals surface area contributed by atoms with E-state index in [9.17, 15) is 0 Å². The molecule has 192 valence electrons. The second kappa shape index (κ2) is 13.3. The Balaban J connectivity index is 0.000000179. The molecule has 0 spiro atoms. The summed E-state index contributed by atoms with van der Waals surface area (Å²) in [4.78, 5) is 4.71. The van der Waals surface area contributed by atoms with E-state index in [1.807, 2.05) is 42.5 Å². The van der Waals surface area contributed by atoms with Gasteiger partial charge < -0.3 is 25.0 Å². The van der Waals surface area contributed by atoms with Crippen LogP contribution < -0.4 is 15.2 Å². The van der Waals surface area contributed by atoms with Crippen molar-refractivity contribution in [2.24, 2.45) is 0 Å². The first kappa shape index (κ1) is 26.8. The van der Waals surface area contributed by atoms with Crippen molar-refractivity contribution in [3.05, 3.63) is 76.4 Å². The number of ether oxygens (including phenoxy) is 2. The van der Waals surface area contributed by atoms with E-state index in [1.54, 1.807) is 0 Å². The zero-order valence-corrected chi connectivity index (χ0v) is 23.6. The Bertz CT molecular complexity index is 1090. The average Bonchev–Trinajstić information content (AvgIpc) is 2.88. The molecule has 0 unspecified atom stereocenters. The topological polar surface area (TPSA) is 51.0 Å². The molecular weight excluding hydrogens is 561 g/mol. The predicted octanol–water partition coefficient (Wildman–Crippen LogP) is 6.17. The maximum Gasteiger partial charge on any atom is 0.120 e. The molecule has 2 heterocycles. The summed E-state index contributed by atoms with van der Waals surface area (Å²) >= 11 is 2.31. The average molecular weight is 600 g/mol. The van der Waals surface area contributed by atoms with Crippen LogP contribution in [-0.4, -0.2) is 62.3 Å². The lowest BCUT2D eigenvalue weighted by Gasteiger charge is -2.29. The number of nitrogens with two attached hydrogens (primary N) is 1. The van der Waals surface area contributed by atoms with Gasteiger partial charge in [-0.15, -0.1) is 0 Å². The lowest BCUT2D eigenvalue weighted by Crippen LogP contribution is -2.35. The van der Waals surface area contributed by atoms with Crippen molar-refractivity contribution in [2.75, 3.05) is 46.0 Å². The molecule has 3 aromatic carbocycles. The van der Waals surface area contributed by atoms with Crippen molar-refractivity contribution in [3.63, 3.8) is 0 Å². The lowest BCUT2D eigenvalue weighted by molar-refractivity contribution is 0.114. The molecule has 0 aliphatic carbocycles. The number of likely N-dealkylation sites (tertiary alicyclic amines) is 2. The molecule has 0 aromatic heterocycles. The van der Waals surface area contributed by atoms with Crippen LogP contribution in [0.4, 0.5) is 5.69 Å². The number of hydrogen-bond donors (Lipinski definition) is 1. The van der Waals surface area contributed by atoms with Crippen molar-refractivity contribution < 1.29 is 9.47 Å². The highest BCUT2D eigenvalue weighted by Crippen LogP contribution is 2.27. The molecule has 5 nitrogen and oxygen atoms in total. The largest absolute Gasteiger partial charge is 0.490 e. The van der Waals surface area contributed by atoms with Crippen LogP contribution >= 0.6 is 22.6 Å². The quantitative estimate of drug-likeness (QED) is 0.281. The van der Waals surface area contributed by atoms with Gasteiger partial charge in [-0.25, -0.2) is 0 Å². The van der Waals surface area contributed by atoms with Crippen LogP contribution in [0.1, 0.15) is 25.7 Å². The first-order valence-electron chi connectivity index (χ1n) is 12.9. The summed E-state index contributed by atoms with van der Waals surface area (Å²) in [7, 11) is 4.33. The molecule has 0 atom stereocenters. The Morgan fingerprint density at radius 1 is 0.667 bits per heavy atom. The molecule has 2 fully saturated rings. The molecule has 36 heavy (non-hydrogen) atoms. The van der Waals surface area contributed by atoms with Crippen LogP contribution in [0.3, 0.4) is 0 Å². The lowest BCUT2D eigenvalue weighted by atomic mass is 10.0. The third-order valence-electron chi connectivity index (χ3n) is 6.79. The van der Waals surface area contributed by atoms with Gasteiger partial charge in [-0.2, -0.15) is 0 Å². The van der Waals surface area contributed by atoms with Crippen LogP contribution in [0, 0.1) is 3.57 Å². The maximum absolute atomic E-state index is 6.14. The summed E-state index contributed by atoms with van der Waals surface area (Å²) in [5, 5.41) is 0. The number of benzene rings is 3. The van der Waals surface area contributed by atoms with Crippen molar-refractivity contribution in [2.45, 2.75) is 37.9 Å². The van der Waals surface area contributed by atoms with Gasteiger partial charge in [0.15, 0.2) is 0 Å². The Kier molecular flexibility index (Phi) is 9.90. The number of rotatable bonds is 5. The van der Waals surface area contributed by atoms with Crippen molar-refractivity contribution in [3.8, 4) is 22.6 Å². The molecule has 2 saturated heterocycles. The minimum atomic E-state index is 0.331. The van der Waals surface area contributed by atoms with E-state index in [0.717, 1.165) is 80.2 Å². The monoisotopic (exact) mass is 599 g/mol. The fourth-order valence-corrected chi connectivity index (χ4v) is 5.11. The maximum atomic E-state index is 6.14. The number of anilines is 1. The molecule has 6 heteroatoms. The van der Waals surface area contributed by atoms with Gasteiger partial charge in [-0.1, -0.05) is 30.3 Å². The normalized spacial score (nSPS) is 17.8. The van der Waals surface area contributed by atoms with E-state index < -0.39 is 0 Å². The summed E-state index contributed by atoms with van der Waals surface area (Å²) in [6.07, 6.45) is 5.21. The second-order valence-corrected chi connectivity index (χ2v) is 11.1. The van der Waals surface area contributed by atoms with Gasteiger partial charge in [0.05, 0.1) is 0 Å². The van der Waals surface area contributed by atoms with Gasteiger partial charge in [0.25, 0.3) is 0 Å². The van der Waals surface area contributed by atoms with E-state index in [2.05, 4.69) is 76.8 Å². The second-order valence-electron chi connectivity index (χ2n) is 9.85. The van der Waals surface area contributed by atoms with Gasteiger partial charge in [0, 0.05) is 35.4 Å². The molecule has 0 saturated carbocycles. The zero-order valence-electron chi connectivity index (χ0n) is 21.4. The highest BCUT2D eigenvalue weighted by molar-refractivity contribution is 14.1. The van der Waals surface area contributed by atoms with Gasteiger partial charge >= 0.3 is 0 Å². The van der Waals surface area contributed by atoms with Gasteiger partial charge in [-0.05, 0) is 116 Å². The minimum Gasteiger partial charge on any atom is -0.490 e. The van der Waals surface area contributed by atoms with Gasteiger partial charge in [0.2, 0.25) is 0 Å². The molecule has 2 aliphatic rings. The summed E-state index contributed by atoms with van der Waals surface area (Å²) in [5.74, 6) is 1.96. The molecule has 2 aliphatic heterocycles.